The topological polar surface area (TPSA) is 20.3 Å². The Hall–Kier alpha value is -0.100. The van der Waals surface area contributed by atoms with Crippen molar-refractivity contribution in [3.8, 4) is 0 Å². The van der Waals surface area contributed by atoms with Crippen molar-refractivity contribution in [2.24, 2.45) is 0 Å². The highest BCUT2D eigenvalue weighted by Gasteiger charge is 2.12. The van der Waals surface area contributed by atoms with Crippen molar-refractivity contribution < 1.29 is 4.79 Å². The molecule has 0 fully saturated rings. The largest absolute Gasteiger partial charge is 0.312 e. The number of anilines is 1. The van der Waals surface area contributed by atoms with E-state index in [9.17, 15) is 4.79 Å². The molecule has 15 heavy (non-hydrogen) atoms. The molecule has 0 aliphatic carbocycles. The van der Waals surface area contributed by atoms with Crippen LogP contribution >= 0.6 is 38.5 Å². The quantitative estimate of drug-likeness (QED) is 0.578. The molecular formula is C11H13BrINO. The minimum atomic E-state index is 0.109. The van der Waals surface area contributed by atoms with Crippen LogP contribution in [-0.4, -0.2) is 17.8 Å². The van der Waals surface area contributed by atoms with Crippen molar-refractivity contribution >= 4 is 50.1 Å². The van der Waals surface area contributed by atoms with Gasteiger partial charge < -0.3 is 4.90 Å². The summed E-state index contributed by atoms with van der Waals surface area (Å²) in [5.41, 5.74) is 0.974. The molecule has 2 nitrogen and oxygen atoms in total. The van der Waals surface area contributed by atoms with Gasteiger partial charge in [0, 0.05) is 15.8 Å². The molecule has 1 aromatic rings. The zero-order valence-electron chi connectivity index (χ0n) is 8.54. The summed E-state index contributed by atoms with van der Waals surface area (Å²) in [6.45, 7) is 2.84. The zero-order chi connectivity index (χ0) is 11.3. The number of carbonyl (C=O) groups excluding carboxylic acids is 1. The number of rotatable bonds is 4. The monoisotopic (exact) mass is 381 g/mol. The number of benzene rings is 1. The van der Waals surface area contributed by atoms with Gasteiger partial charge in [-0.1, -0.05) is 22.9 Å². The first-order chi connectivity index (χ1) is 7.19. The van der Waals surface area contributed by atoms with Gasteiger partial charge in [0.2, 0.25) is 5.91 Å². The Morgan fingerprint density at radius 2 is 2.00 bits per heavy atom. The maximum absolute atomic E-state index is 11.7. The number of alkyl halides is 1. The van der Waals surface area contributed by atoms with Crippen LogP contribution in [0.3, 0.4) is 0 Å². The molecule has 0 saturated carbocycles. The fraction of sp³-hybridized carbons (Fsp3) is 0.364. The molecule has 0 radical (unpaired) electrons. The molecule has 4 heteroatoms. The van der Waals surface area contributed by atoms with Crippen LogP contribution < -0.4 is 4.90 Å². The predicted molar refractivity (Wildman–Crippen MR) is 75.6 cm³/mol. The molecule has 0 aromatic heterocycles. The summed E-state index contributed by atoms with van der Waals surface area (Å²) in [6, 6.07) is 8.00. The zero-order valence-corrected chi connectivity index (χ0v) is 12.3. The molecule has 1 amide bonds. The van der Waals surface area contributed by atoms with Crippen molar-refractivity contribution in [3.63, 3.8) is 0 Å². The highest BCUT2D eigenvalue weighted by Crippen LogP contribution is 2.17. The fourth-order valence-electron chi connectivity index (χ4n) is 1.31. The Bertz CT molecular complexity index is 326. The predicted octanol–water partition coefficient (Wildman–Crippen LogP) is 3.43. The van der Waals surface area contributed by atoms with Gasteiger partial charge in [-0.25, -0.2) is 0 Å². The molecule has 0 atom stereocenters. The van der Waals surface area contributed by atoms with E-state index >= 15 is 0 Å². The standard InChI is InChI=1S/C11H13BrINO/c1-2-7-14(11(15)8-12)10-5-3-9(13)4-6-10/h3-6H,2,7-8H2,1H3. The first-order valence-electron chi connectivity index (χ1n) is 4.81. The van der Waals surface area contributed by atoms with Crippen LogP contribution in [-0.2, 0) is 4.79 Å². The molecule has 0 saturated heterocycles. The van der Waals surface area contributed by atoms with E-state index in [1.165, 1.54) is 3.57 Å². The van der Waals surface area contributed by atoms with Crippen LogP contribution in [0.2, 0.25) is 0 Å². The van der Waals surface area contributed by atoms with Crippen molar-refractivity contribution in [1.82, 2.24) is 0 Å². The van der Waals surface area contributed by atoms with Crippen LogP contribution in [0.25, 0.3) is 0 Å². The van der Waals surface area contributed by atoms with Crippen molar-refractivity contribution in [1.29, 1.82) is 0 Å². The number of hydrogen-bond donors (Lipinski definition) is 0. The minimum absolute atomic E-state index is 0.109. The van der Waals surface area contributed by atoms with Gasteiger partial charge in [0.1, 0.15) is 0 Å². The van der Waals surface area contributed by atoms with Gasteiger partial charge in [-0.3, -0.25) is 4.79 Å². The Labute approximate surface area is 112 Å². The third-order valence-corrected chi connectivity index (χ3v) is 3.20. The highest BCUT2D eigenvalue weighted by molar-refractivity contribution is 14.1. The van der Waals surface area contributed by atoms with Crippen molar-refractivity contribution in [3.05, 3.63) is 27.8 Å². The molecule has 82 valence electrons. The second kappa shape index (κ2) is 6.48. The summed E-state index contributed by atoms with van der Waals surface area (Å²) >= 11 is 5.46. The van der Waals surface area contributed by atoms with Crippen LogP contribution in [0.15, 0.2) is 24.3 Å². The van der Waals surface area contributed by atoms with E-state index in [0.717, 1.165) is 18.7 Å². The van der Waals surface area contributed by atoms with E-state index < -0.39 is 0 Å². The second-order valence-electron chi connectivity index (χ2n) is 3.16. The lowest BCUT2D eigenvalue weighted by Gasteiger charge is -2.21. The van der Waals surface area contributed by atoms with Gasteiger partial charge in [0.05, 0.1) is 5.33 Å². The molecule has 0 bridgehead atoms. The van der Waals surface area contributed by atoms with Gasteiger partial charge in [-0.15, -0.1) is 0 Å². The Morgan fingerprint density at radius 3 is 2.47 bits per heavy atom. The van der Waals surface area contributed by atoms with Crippen LogP contribution in [0, 0.1) is 3.57 Å². The van der Waals surface area contributed by atoms with E-state index in [4.69, 9.17) is 0 Å². The van der Waals surface area contributed by atoms with E-state index in [-0.39, 0.29) is 5.91 Å². The van der Waals surface area contributed by atoms with Gasteiger partial charge in [0.15, 0.2) is 0 Å². The SMILES string of the molecule is CCCN(C(=O)CBr)c1ccc(I)cc1. The number of nitrogens with zero attached hydrogens (tertiary/aromatic N) is 1. The Kier molecular flexibility index (Phi) is 5.60. The third-order valence-electron chi connectivity index (χ3n) is 2.00. The lowest BCUT2D eigenvalue weighted by molar-refractivity contribution is -0.116. The number of halogens is 2. The molecule has 0 heterocycles. The first-order valence-corrected chi connectivity index (χ1v) is 7.01. The van der Waals surface area contributed by atoms with Gasteiger partial charge in [-0.05, 0) is 53.3 Å². The number of hydrogen-bond acceptors (Lipinski definition) is 1. The molecule has 1 rings (SSSR count). The summed E-state index contributed by atoms with van der Waals surface area (Å²) in [6.07, 6.45) is 0.963. The van der Waals surface area contributed by atoms with Crippen LogP contribution in [0.5, 0.6) is 0 Å². The number of amides is 1. The lowest BCUT2D eigenvalue weighted by atomic mass is 10.2. The second-order valence-corrected chi connectivity index (χ2v) is 4.96. The summed E-state index contributed by atoms with van der Waals surface area (Å²) < 4.78 is 1.18. The van der Waals surface area contributed by atoms with Gasteiger partial charge in [0.25, 0.3) is 0 Å². The molecule has 1 aromatic carbocycles. The molecule has 0 aliphatic heterocycles. The normalized spacial score (nSPS) is 10.1. The lowest BCUT2D eigenvalue weighted by Crippen LogP contribution is -2.32. The summed E-state index contributed by atoms with van der Waals surface area (Å²) in [5, 5.41) is 0.374. The van der Waals surface area contributed by atoms with Crippen molar-refractivity contribution in [2.45, 2.75) is 13.3 Å². The van der Waals surface area contributed by atoms with E-state index in [2.05, 4.69) is 45.4 Å². The minimum Gasteiger partial charge on any atom is -0.312 e. The van der Waals surface area contributed by atoms with Crippen LogP contribution in [0.4, 0.5) is 5.69 Å². The van der Waals surface area contributed by atoms with Gasteiger partial charge in [-0.2, -0.15) is 0 Å². The van der Waals surface area contributed by atoms with E-state index in [1.807, 2.05) is 29.2 Å². The van der Waals surface area contributed by atoms with Gasteiger partial charge >= 0.3 is 0 Å². The maximum atomic E-state index is 11.7. The average molecular weight is 382 g/mol. The maximum Gasteiger partial charge on any atom is 0.237 e. The van der Waals surface area contributed by atoms with E-state index in [0.29, 0.717) is 5.33 Å². The van der Waals surface area contributed by atoms with Crippen LogP contribution in [0.1, 0.15) is 13.3 Å². The first kappa shape index (κ1) is 13.0. The van der Waals surface area contributed by atoms with Crippen molar-refractivity contribution in [2.75, 3.05) is 16.8 Å². The molecule has 0 spiro atoms. The highest BCUT2D eigenvalue weighted by atomic mass is 127. The summed E-state index contributed by atoms with van der Waals surface area (Å²) in [7, 11) is 0. The smallest absolute Gasteiger partial charge is 0.237 e. The summed E-state index contributed by atoms with van der Waals surface area (Å²) in [5.74, 6) is 0.109. The molecular weight excluding hydrogens is 369 g/mol. The fourth-order valence-corrected chi connectivity index (χ4v) is 1.98. The average Bonchev–Trinajstić information content (AvgIpc) is 2.26. The summed E-state index contributed by atoms with van der Waals surface area (Å²) in [4.78, 5) is 13.5. The molecule has 0 aliphatic rings. The third kappa shape index (κ3) is 3.75. The number of carbonyl (C=O) groups is 1. The Morgan fingerprint density at radius 1 is 1.40 bits per heavy atom. The molecule has 0 unspecified atom stereocenters. The molecule has 0 N–H and O–H groups in total. The Balaban J connectivity index is 2.88. The van der Waals surface area contributed by atoms with E-state index in [1.54, 1.807) is 0 Å².